The molecular formula is C12H17NO5. The van der Waals surface area contributed by atoms with Gasteiger partial charge in [-0.2, -0.15) is 0 Å². The highest BCUT2D eigenvalue weighted by Gasteiger charge is 2.20. The number of carboxylic acids is 1. The van der Waals surface area contributed by atoms with Gasteiger partial charge in [-0.15, -0.1) is 12.3 Å². The van der Waals surface area contributed by atoms with E-state index in [0.717, 1.165) is 0 Å². The summed E-state index contributed by atoms with van der Waals surface area (Å²) in [6.07, 6.45) is 5.25. The third kappa shape index (κ3) is 7.28. The van der Waals surface area contributed by atoms with Crippen molar-refractivity contribution in [2.45, 2.75) is 38.6 Å². The molecule has 1 atom stereocenters. The van der Waals surface area contributed by atoms with E-state index in [4.69, 9.17) is 11.5 Å². The predicted molar refractivity (Wildman–Crippen MR) is 63.5 cm³/mol. The summed E-state index contributed by atoms with van der Waals surface area (Å²) in [5, 5.41) is 11.2. The molecule has 0 aromatic rings. The van der Waals surface area contributed by atoms with Crippen LogP contribution >= 0.6 is 0 Å². The third-order valence-corrected chi connectivity index (χ3v) is 2.07. The molecule has 100 valence electrons. The second kappa shape index (κ2) is 9.05. The summed E-state index contributed by atoms with van der Waals surface area (Å²) >= 11 is 0. The van der Waals surface area contributed by atoms with Crippen molar-refractivity contribution in [3.8, 4) is 12.3 Å². The number of carbonyl (C=O) groups excluding carboxylic acids is 2. The van der Waals surface area contributed by atoms with Crippen molar-refractivity contribution in [3.63, 3.8) is 0 Å². The Morgan fingerprint density at radius 1 is 1.39 bits per heavy atom. The summed E-state index contributed by atoms with van der Waals surface area (Å²) in [5.41, 5.74) is 0. The fraction of sp³-hybridized carbons (Fsp3) is 0.583. The van der Waals surface area contributed by atoms with Gasteiger partial charge >= 0.3 is 11.9 Å². The van der Waals surface area contributed by atoms with Crippen LogP contribution in [-0.2, 0) is 19.1 Å². The number of aliphatic carboxylic acids is 1. The minimum atomic E-state index is -1.19. The van der Waals surface area contributed by atoms with E-state index in [2.05, 4.69) is 16.0 Å². The number of nitrogens with one attached hydrogen (secondary N) is 1. The number of ether oxygens (including phenoxy) is 1. The van der Waals surface area contributed by atoms with Crippen molar-refractivity contribution in [1.29, 1.82) is 0 Å². The van der Waals surface area contributed by atoms with Crippen LogP contribution in [0, 0.1) is 12.3 Å². The number of hydrogen-bond donors (Lipinski definition) is 2. The lowest BCUT2D eigenvalue weighted by atomic mass is 10.1. The topological polar surface area (TPSA) is 92.7 Å². The first kappa shape index (κ1) is 16.0. The standard InChI is InChI=1S/C12H17NO5/c1-3-5-6-10(14)13-9(12(16)17)7-8-11(15)18-4-2/h1,9H,4-8H2,2H3,(H,13,14)(H,16,17)/t9-/m0/s1. The zero-order valence-electron chi connectivity index (χ0n) is 10.3. The molecule has 0 unspecified atom stereocenters. The van der Waals surface area contributed by atoms with Crippen LogP contribution in [0.4, 0.5) is 0 Å². The molecule has 1 amide bonds. The number of hydrogen-bond acceptors (Lipinski definition) is 4. The summed E-state index contributed by atoms with van der Waals surface area (Å²) < 4.78 is 4.67. The number of rotatable bonds is 8. The largest absolute Gasteiger partial charge is 0.480 e. The summed E-state index contributed by atoms with van der Waals surface area (Å²) in [6.45, 7) is 1.90. The Kier molecular flexibility index (Phi) is 8.03. The SMILES string of the molecule is C#CCCC(=O)N[C@@H](CCC(=O)OCC)C(=O)O. The van der Waals surface area contributed by atoms with Crippen molar-refractivity contribution < 1.29 is 24.2 Å². The molecule has 0 radical (unpaired) electrons. The average Bonchev–Trinajstić information content (AvgIpc) is 2.31. The first-order valence-electron chi connectivity index (χ1n) is 5.62. The summed E-state index contributed by atoms with van der Waals surface area (Å²) in [7, 11) is 0. The van der Waals surface area contributed by atoms with Gasteiger partial charge in [-0.1, -0.05) is 0 Å². The van der Waals surface area contributed by atoms with Gasteiger partial charge in [0.1, 0.15) is 6.04 Å². The van der Waals surface area contributed by atoms with Crippen molar-refractivity contribution in [2.75, 3.05) is 6.61 Å². The van der Waals surface area contributed by atoms with Crippen LogP contribution in [0.25, 0.3) is 0 Å². The molecular weight excluding hydrogens is 238 g/mol. The van der Waals surface area contributed by atoms with E-state index < -0.39 is 23.9 Å². The van der Waals surface area contributed by atoms with Crippen LogP contribution in [0.15, 0.2) is 0 Å². The number of esters is 1. The van der Waals surface area contributed by atoms with E-state index >= 15 is 0 Å². The van der Waals surface area contributed by atoms with Crippen LogP contribution in [-0.4, -0.2) is 35.6 Å². The molecule has 0 rings (SSSR count). The van der Waals surface area contributed by atoms with Crippen LogP contribution in [0.5, 0.6) is 0 Å². The maximum absolute atomic E-state index is 11.3. The van der Waals surface area contributed by atoms with Gasteiger partial charge in [0.05, 0.1) is 6.61 Å². The molecule has 0 aromatic heterocycles. The molecule has 0 heterocycles. The van der Waals surface area contributed by atoms with Crippen molar-refractivity contribution in [1.82, 2.24) is 5.32 Å². The maximum Gasteiger partial charge on any atom is 0.326 e. The van der Waals surface area contributed by atoms with Crippen molar-refractivity contribution in [2.24, 2.45) is 0 Å². The van der Waals surface area contributed by atoms with E-state index in [1.165, 1.54) is 0 Å². The monoisotopic (exact) mass is 255 g/mol. The average molecular weight is 255 g/mol. The lowest BCUT2D eigenvalue weighted by Crippen LogP contribution is -2.41. The van der Waals surface area contributed by atoms with Gasteiger partial charge in [0.25, 0.3) is 0 Å². The zero-order chi connectivity index (χ0) is 14.0. The highest BCUT2D eigenvalue weighted by atomic mass is 16.5. The predicted octanol–water partition coefficient (Wildman–Crippen LogP) is 0.312. The van der Waals surface area contributed by atoms with Crippen molar-refractivity contribution in [3.05, 3.63) is 0 Å². The van der Waals surface area contributed by atoms with E-state index in [1.54, 1.807) is 6.92 Å². The second-order valence-electron chi connectivity index (χ2n) is 3.51. The van der Waals surface area contributed by atoms with E-state index in [9.17, 15) is 14.4 Å². The summed E-state index contributed by atoms with van der Waals surface area (Å²) in [5.74, 6) is 0.174. The molecule has 0 aliphatic carbocycles. The Bertz CT molecular complexity index is 345. The third-order valence-electron chi connectivity index (χ3n) is 2.07. The van der Waals surface area contributed by atoms with E-state index in [0.29, 0.717) is 0 Å². The molecule has 2 N–H and O–H groups in total. The number of carbonyl (C=O) groups is 3. The van der Waals surface area contributed by atoms with Gasteiger partial charge in [-0.3, -0.25) is 9.59 Å². The highest BCUT2D eigenvalue weighted by Crippen LogP contribution is 2.01. The molecule has 0 bridgehead atoms. The second-order valence-corrected chi connectivity index (χ2v) is 3.51. The van der Waals surface area contributed by atoms with Crippen molar-refractivity contribution >= 4 is 17.8 Å². The molecule has 0 saturated carbocycles. The highest BCUT2D eigenvalue weighted by molar-refractivity contribution is 5.84. The maximum atomic E-state index is 11.3. The minimum absolute atomic E-state index is 0.00401. The molecule has 0 aliphatic rings. The number of terminal acetylenes is 1. The molecule has 6 nitrogen and oxygen atoms in total. The van der Waals surface area contributed by atoms with E-state index in [-0.39, 0.29) is 32.3 Å². The Labute approximate surface area is 106 Å². The van der Waals surface area contributed by atoms with Crippen LogP contribution in [0.2, 0.25) is 0 Å². The Morgan fingerprint density at radius 2 is 2.06 bits per heavy atom. The molecule has 0 aromatic carbocycles. The van der Waals surface area contributed by atoms with Gasteiger partial charge in [0, 0.05) is 19.3 Å². The lowest BCUT2D eigenvalue weighted by Gasteiger charge is -2.13. The van der Waals surface area contributed by atoms with Crippen LogP contribution < -0.4 is 5.32 Å². The summed E-state index contributed by atoms with van der Waals surface area (Å²) in [6, 6.07) is -1.10. The molecule has 0 saturated heterocycles. The van der Waals surface area contributed by atoms with E-state index in [1.807, 2.05) is 0 Å². The van der Waals surface area contributed by atoms with Gasteiger partial charge < -0.3 is 15.2 Å². The zero-order valence-corrected chi connectivity index (χ0v) is 10.3. The molecule has 6 heteroatoms. The molecule has 0 aliphatic heterocycles. The van der Waals surface area contributed by atoms with Gasteiger partial charge in [0.2, 0.25) is 5.91 Å². The van der Waals surface area contributed by atoms with Gasteiger partial charge in [-0.05, 0) is 13.3 Å². The first-order chi connectivity index (χ1) is 8.51. The Morgan fingerprint density at radius 3 is 2.56 bits per heavy atom. The Balaban J connectivity index is 4.16. The van der Waals surface area contributed by atoms with Crippen LogP contribution in [0.1, 0.15) is 32.6 Å². The smallest absolute Gasteiger partial charge is 0.326 e. The number of carboxylic acid groups (broad SMARTS) is 1. The lowest BCUT2D eigenvalue weighted by molar-refractivity contribution is -0.145. The van der Waals surface area contributed by atoms with Gasteiger partial charge in [0.15, 0.2) is 0 Å². The first-order valence-corrected chi connectivity index (χ1v) is 5.62. The van der Waals surface area contributed by atoms with Crippen LogP contribution in [0.3, 0.4) is 0 Å². The normalized spacial score (nSPS) is 11.1. The Hall–Kier alpha value is -2.03. The van der Waals surface area contributed by atoms with Gasteiger partial charge in [-0.25, -0.2) is 4.79 Å². The minimum Gasteiger partial charge on any atom is -0.480 e. The summed E-state index contributed by atoms with van der Waals surface area (Å²) in [4.78, 5) is 33.2. The molecule has 18 heavy (non-hydrogen) atoms. The molecule has 0 fully saturated rings. The molecule has 0 spiro atoms. The quantitative estimate of drug-likeness (QED) is 0.481. The fourth-order valence-electron chi connectivity index (χ4n) is 1.20. The number of amides is 1. The fourth-order valence-corrected chi connectivity index (χ4v) is 1.20.